The number of anilines is 2. The first-order valence-corrected chi connectivity index (χ1v) is 5.75. The molecule has 100 valence electrons. The normalized spacial score (nSPS) is 9.60. The van der Waals surface area contributed by atoms with Crippen LogP contribution in [0.15, 0.2) is 36.7 Å². The van der Waals surface area contributed by atoms with Gasteiger partial charge in [-0.1, -0.05) is 6.07 Å². The van der Waals surface area contributed by atoms with Crippen molar-refractivity contribution in [3.05, 3.63) is 47.8 Å². The second-order valence-corrected chi connectivity index (χ2v) is 3.91. The lowest BCUT2D eigenvalue weighted by atomic mass is 10.1. The van der Waals surface area contributed by atoms with Gasteiger partial charge in [-0.3, -0.25) is 9.78 Å². The highest BCUT2D eigenvalue weighted by atomic mass is 16.5. The highest BCUT2D eigenvalue weighted by Crippen LogP contribution is 2.28. The quantitative estimate of drug-likeness (QED) is 0.883. The number of nitriles is 1. The van der Waals surface area contributed by atoms with Crippen LogP contribution in [-0.2, 0) is 0 Å². The number of pyridine rings is 1. The van der Waals surface area contributed by atoms with Crippen molar-refractivity contribution in [2.75, 3.05) is 18.2 Å². The second-order valence-electron chi connectivity index (χ2n) is 3.91. The third-order valence-corrected chi connectivity index (χ3v) is 2.70. The highest BCUT2D eigenvalue weighted by Gasteiger charge is 2.15. The monoisotopic (exact) mass is 268 g/mol. The average molecular weight is 268 g/mol. The van der Waals surface area contributed by atoms with Gasteiger partial charge in [0.05, 0.1) is 30.1 Å². The molecule has 0 atom stereocenters. The van der Waals surface area contributed by atoms with Gasteiger partial charge in [0.2, 0.25) is 0 Å². The molecule has 1 heterocycles. The van der Waals surface area contributed by atoms with Gasteiger partial charge in [-0.05, 0) is 18.2 Å². The molecule has 2 aromatic rings. The van der Waals surface area contributed by atoms with E-state index in [1.54, 1.807) is 18.2 Å². The number of amides is 1. The molecule has 20 heavy (non-hydrogen) atoms. The molecule has 0 bridgehead atoms. The Morgan fingerprint density at radius 1 is 1.45 bits per heavy atom. The van der Waals surface area contributed by atoms with Gasteiger partial charge in [-0.2, -0.15) is 5.26 Å². The Bertz CT molecular complexity index is 692. The molecule has 1 aromatic carbocycles. The maximum absolute atomic E-state index is 12.2. The van der Waals surface area contributed by atoms with Crippen LogP contribution in [0.3, 0.4) is 0 Å². The Labute approximate surface area is 115 Å². The Morgan fingerprint density at radius 3 is 2.90 bits per heavy atom. The summed E-state index contributed by atoms with van der Waals surface area (Å²) >= 11 is 0. The first-order valence-electron chi connectivity index (χ1n) is 5.75. The zero-order valence-corrected chi connectivity index (χ0v) is 10.8. The standard InChI is InChI=1S/C14H12N4O2/c1-20-12-4-2-3-9(7-15)13(12)18-14(19)10-5-6-17-8-11(10)16/h2-6,8H,16H2,1H3,(H,18,19). The third-order valence-electron chi connectivity index (χ3n) is 2.70. The molecule has 1 aromatic heterocycles. The number of aromatic nitrogens is 1. The lowest BCUT2D eigenvalue weighted by Crippen LogP contribution is -2.15. The Kier molecular flexibility index (Phi) is 3.82. The zero-order valence-electron chi connectivity index (χ0n) is 10.8. The van der Waals surface area contributed by atoms with E-state index >= 15 is 0 Å². The van der Waals surface area contributed by atoms with Crippen LogP contribution < -0.4 is 15.8 Å². The van der Waals surface area contributed by atoms with Gasteiger partial charge in [0.15, 0.2) is 0 Å². The van der Waals surface area contributed by atoms with Gasteiger partial charge in [-0.25, -0.2) is 0 Å². The summed E-state index contributed by atoms with van der Waals surface area (Å²) in [6.45, 7) is 0. The van der Waals surface area contributed by atoms with Crippen molar-refractivity contribution in [3.8, 4) is 11.8 Å². The second kappa shape index (κ2) is 5.71. The average Bonchev–Trinajstić information content (AvgIpc) is 2.47. The van der Waals surface area contributed by atoms with Gasteiger partial charge in [0.25, 0.3) is 5.91 Å². The van der Waals surface area contributed by atoms with Crippen molar-refractivity contribution in [1.82, 2.24) is 4.98 Å². The molecule has 0 radical (unpaired) electrons. The number of carbonyl (C=O) groups excluding carboxylic acids is 1. The molecule has 0 spiro atoms. The molecule has 0 aliphatic rings. The molecule has 0 saturated heterocycles. The minimum Gasteiger partial charge on any atom is -0.495 e. The predicted molar refractivity (Wildman–Crippen MR) is 74.3 cm³/mol. The number of ether oxygens (including phenoxy) is 1. The lowest BCUT2D eigenvalue weighted by Gasteiger charge is -2.12. The van der Waals surface area contributed by atoms with Crippen LogP contribution in [0.5, 0.6) is 5.75 Å². The van der Waals surface area contributed by atoms with E-state index in [-0.39, 0.29) is 11.3 Å². The summed E-state index contributed by atoms with van der Waals surface area (Å²) in [7, 11) is 1.47. The minimum absolute atomic E-state index is 0.262. The molecule has 2 rings (SSSR count). The molecule has 3 N–H and O–H groups in total. The van der Waals surface area contributed by atoms with Crippen LogP contribution in [0.2, 0.25) is 0 Å². The topological polar surface area (TPSA) is 101 Å². The van der Waals surface area contributed by atoms with Crippen LogP contribution in [0, 0.1) is 11.3 Å². The number of benzene rings is 1. The summed E-state index contributed by atoms with van der Waals surface area (Å²) in [4.78, 5) is 16.0. The smallest absolute Gasteiger partial charge is 0.258 e. The van der Waals surface area contributed by atoms with Crippen LogP contribution in [0.25, 0.3) is 0 Å². The van der Waals surface area contributed by atoms with Gasteiger partial charge in [-0.15, -0.1) is 0 Å². The lowest BCUT2D eigenvalue weighted by molar-refractivity contribution is 0.102. The van der Waals surface area contributed by atoms with Crippen molar-refractivity contribution < 1.29 is 9.53 Å². The van der Waals surface area contributed by atoms with Crippen molar-refractivity contribution in [1.29, 1.82) is 5.26 Å². The first kappa shape index (κ1) is 13.4. The van der Waals surface area contributed by atoms with Gasteiger partial charge >= 0.3 is 0 Å². The number of nitrogens with zero attached hydrogens (tertiary/aromatic N) is 2. The van der Waals surface area contributed by atoms with Crippen molar-refractivity contribution in [3.63, 3.8) is 0 Å². The number of hydrogen-bond donors (Lipinski definition) is 2. The maximum Gasteiger partial charge on any atom is 0.258 e. The van der Waals surface area contributed by atoms with E-state index in [2.05, 4.69) is 10.3 Å². The number of hydrogen-bond acceptors (Lipinski definition) is 5. The molecule has 6 heteroatoms. The molecule has 6 nitrogen and oxygen atoms in total. The molecule has 0 unspecified atom stereocenters. The molecular formula is C14H12N4O2. The number of methoxy groups -OCH3 is 1. The van der Waals surface area contributed by atoms with E-state index in [0.717, 1.165) is 0 Å². The summed E-state index contributed by atoms with van der Waals surface area (Å²) in [5.41, 5.74) is 6.87. The summed E-state index contributed by atoms with van der Waals surface area (Å²) in [5.74, 6) is -0.0177. The molecule has 0 aliphatic carbocycles. The number of para-hydroxylation sites is 1. The fourth-order valence-corrected chi connectivity index (χ4v) is 1.72. The van der Waals surface area contributed by atoms with E-state index in [1.165, 1.54) is 25.6 Å². The molecule has 1 amide bonds. The summed E-state index contributed by atoms with van der Waals surface area (Å²) in [6, 6.07) is 8.43. The number of nitrogens with two attached hydrogens (primary N) is 1. The van der Waals surface area contributed by atoms with Crippen LogP contribution in [0.1, 0.15) is 15.9 Å². The first-order chi connectivity index (χ1) is 9.67. The van der Waals surface area contributed by atoms with E-state index < -0.39 is 5.91 Å². The number of rotatable bonds is 3. The zero-order chi connectivity index (χ0) is 14.5. The summed E-state index contributed by atoms with van der Waals surface area (Å²) < 4.78 is 5.15. The maximum atomic E-state index is 12.2. The van der Waals surface area contributed by atoms with Crippen LogP contribution in [0.4, 0.5) is 11.4 Å². The highest BCUT2D eigenvalue weighted by molar-refractivity contribution is 6.08. The van der Waals surface area contributed by atoms with E-state index in [9.17, 15) is 4.79 Å². The van der Waals surface area contributed by atoms with Crippen LogP contribution in [-0.4, -0.2) is 18.0 Å². The number of nitrogens with one attached hydrogen (secondary N) is 1. The molecule has 0 saturated carbocycles. The summed E-state index contributed by atoms with van der Waals surface area (Å²) in [5, 5.41) is 11.7. The Morgan fingerprint density at radius 2 is 2.25 bits per heavy atom. The van der Waals surface area contributed by atoms with E-state index in [1.807, 2.05) is 6.07 Å². The Hall–Kier alpha value is -3.07. The molecular weight excluding hydrogens is 256 g/mol. The number of carbonyl (C=O) groups is 1. The molecule has 0 aliphatic heterocycles. The van der Waals surface area contributed by atoms with Crippen LogP contribution >= 0.6 is 0 Å². The summed E-state index contributed by atoms with van der Waals surface area (Å²) in [6.07, 6.45) is 2.86. The fourth-order valence-electron chi connectivity index (χ4n) is 1.72. The molecule has 0 fully saturated rings. The Balaban J connectivity index is 2.38. The largest absolute Gasteiger partial charge is 0.495 e. The van der Waals surface area contributed by atoms with Crippen molar-refractivity contribution >= 4 is 17.3 Å². The number of nitrogen functional groups attached to an aromatic ring is 1. The van der Waals surface area contributed by atoms with Crippen molar-refractivity contribution in [2.45, 2.75) is 0 Å². The fraction of sp³-hybridized carbons (Fsp3) is 0.0714. The van der Waals surface area contributed by atoms with Gasteiger partial charge < -0.3 is 15.8 Å². The minimum atomic E-state index is -0.425. The van der Waals surface area contributed by atoms with E-state index in [4.69, 9.17) is 15.7 Å². The predicted octanol–water partition coefficient (Wildman–Crippen LogP) is 1.80. The SMILES string of the molecule is COc1cccc(C#N)c1NC(=O)c1ccncc1N. The van der Waals surface area contributed by atoms with Gasteiger partial charge in [0, 0.05) is 6.20 Å². The van der Waals surface area contributed by atoms with E-state index in [0.29, 0.717) is 17.0 Å². The van der Waals surface area contributed by atoms with Crippen molar-refractivity contribution in [2.24, 2.45) is 0 Å². The van der Waals surface area contributed by atoms with Gasteiger partial charge in [0.1, 0.15) is 17.5 Å². The third kappa shape index (κ3) is 2.52.